The SMILES string of the molecule is CC1(C)OC(=O)C(=CC2=CCC(O)C=C2)C(=O)O1. The van der Waals surface area contributed by atoms with E-state index in [4.69, 9.17) is 9.47 Å². The molecule has 0 saturated carbocycles. The van der Waals surface area contributed by atoms with Gasteiger partial charge in [-0.3, -0.25) is 0 Å². The molecule has 0 radical (unpaired) electrons. The Kier molecular flexibility index (Phi) is 3.09. The Morgan fingerprint density at radius 3 is 2.44 bits per heavy atom. The van der Waals surface area contributed by atoms with Crippen molar-refractivity contribution in [2.75, 3.05) is 0 Å². The van der Waals surface area contributed by atoms with E-state index in [9.17, 15) is 14.7 Å². The molecule has 2 rings (SSSR count). The van der Waals surface area contributed by atoms with E-state index in [1.807, 2.05) is 0 Å². The van der Waals surface area contributed by atoms with Crippen LogP contribution in [0.1, 0.15) is 20.3 Å². The largest absolute Gasteiger partial charge is 0.419 e. The lowest BCUT2D eigenvalue weighted by Crippen LogP contribution is -2.41. The zero-order valence-corrected chi connectivity index (χ0v) is 10.2. The summed E-state index contributed by atoms with van der Waals surface area (Å²) in [6, 6.07) is 0. The molecule has 0 bridgehead atoms. The average Bonchev–Trinajstić information content (AvgIpc) is 2.24. The standard InChI is InChI=1S/C13H14O5/c1-13(2)17-11(15)10(12(16)18-13)7-8-3-5-9(14)6-4-8/h3-5,7,9,14H,6H2,1-2H3. The Bertz CT molecular complexity index is 460. The van der Waals surface area contributed by atoms with Crippen molar-refractivity contribution >= 4 is 11.9 Å². The molecule has 1 saturated heterocycles. The molecule has 1 heterocycles. The van der Waals surface area contributed by atoms with Crippen LogP contribution in [0.4, 0.5) is 0 Å². The molecular formula is C13H14O5. The van der Waals surface area contributed by atoms with Crippen molar-refractivity contribution in [3.63, 3.8) is 0 Å². The van der Waals surface area contributed by atoms with Crippen molar-refractivity contribution in [3.8, 4) is 0 Å². The zero-order valence-electron chi connectivity index (χ0n) is 10.2. The van der Waals surface area contributed by atoms with Crippen molar-refractivity contribution in [1.29, 1.82) is 0 Å². The highest BCUT2D eigenvalue weighted by Gasteiger charge is 2.38. The van der Waals surface area contributed by atoms with E-state index in [1.54, 1.807) is 18.2 Å². The van der Waals surface area contributed by atoms with Gasteiger partial charge in [-0.05, 0) is 18.1 Å². The van der Waals surface area contributed by atoms with Crippen LogP contribution in [0.15, 0.2) is 35.5 Å². The second-order valence-corrected chi connectivity index (χ2v) is 4.60. The number of allylic oxidation sites excluding steroid dienone is 3. The molecule has 5 nitrogen and oxygen atoms in total. The maximum atomic E-state index is 11.7. The molecule has 96 valence electrons. The smallest absolute Gasteiger partial charge is 0.348 e. The first-order valence-corrected chi connectivity index (χ1v) is 5.62. The molecule has 18 heavy (non-hydrogen) atoms. The topological polar surface area (TPSA) is 72.8 Å². The van der Waals surface area contributed by atoms with E-state index in [-0.39, 0.29) is 5.57 Å². The zero-order chi connectivity index (χ0) is 13.3. The number of esters is 2. The Balaban J connectivity index is 2.21. The second kappa shape index (κ2) is 4.42. The van der Waals surface area contributed by atoms with Crippen LogP contribution in [-0.2, 0) is 19.1 Å². The number of ether oxygens (including phenoxy) is 2. The predicted octanol–water partition coefficient (Wildman–Crippen LogP) is 0.996. The number of hydrogen-bond donors (Lipinski definition) is 1. The third-order valence-electron chi connectivity index (χ3n) is 2.53. The highest BCUT2D eigenvalue weighted by molar-refractivity contribution is 6.15. The molecule has 1 N–H and O–H groups in total. The quantitative estimate of drug-likeness (QED) is 0.427. The molecule has 1 atom stereocenters. The van der Waals surface area contributed by atoms with Crippen molar-refractivity contribution < 1.29 is 24.2 Å². The Hall–Kier alpha value is -1.88. The van der Waals surface area contributed by atoms with Crippen LogP contribution in [-0.4, -0.2) is 28.9 Å². The number of hydrogen-bond acceptors (Lipinski definition) is 5. The van der Waals surface area contributed by atoms with Crippen molar-refractivity contribution in [2.24, 2.45) is 0 Å². The average molecular weight is 250 g/mol. The normalized spacial score (nSPS) is 26.3. The van der Waals surface area contributed by atoms with E-state index in [0.29, 0.717) is 12.0 Å². The molecule has 0 spiro atoms. The summed E-state index contributed by atoms with van der Waals surface area (Å²) < 4.78 is 9.94. The van der Waals surface area contributed by atoms with Gasteiger partial charge in [0.2, 0.25) is 0 Å². The lowest BCUT2D eigenvalue weighted by molar-refractivity contribution is -0.222. The minimum atomic E-state index is -1.22. The Morgan fingerprint density at radius 2 is 1.94 bits per heavy atom. The second-order valence-electron chi connectivity index (χ2n) is 4.60. The summed E-state index contributed by atoms with van der Waals surface area (Å²) in [5.41, 5.74) is 0.533. The lowest BCUT2D eigenvalue weighted by Gasteiger charge is -2.29. The van der Waals surface area contributed by atoms with Crippen molar-refractivity contribution in [1.82, 2.24) is 0 Å². The fourth-order valence-electron chi connectivity index (χ4n) is 1.68. The van der Waals surface area contributed by atoms with Crippen molar-refractivity contribution in [3.05, 3.63) is 35.5 Å². The minimum absolute atomic E-state index is 0.137. The summed E-state index contributed by atoms with van der Waals surface area (Å²) in [6.45, 7) is 2.99. The molecule has 1 aliphatic heterocycles. The summed E-state index contributed by atoms with van der Waals surface area (Å²) in [7, 11) is 0. The molecule has 1 aliphatic carbocycles. The lowest BCUT2D eigenvalue weighted by atomic mass is 10.0. The van der Waals surface area contributed by atoms with Gasteiger partial charge in [0.15, 0.2) is 0 Å². The van der Waals surface area contributed by atoms with Crippen LogP contribution < -0.4 is 0 Å². The number of aliphatic hydroxyl groups is 1. The van der Waals surface area contributed by atoms with Crippen molar-refractivity contribution in [2.45, 2.75) is 32.2 Å². The molecule has 1 fully saturated rings. The van der Waals surface area contributed by atoms with Crippen LogP contribution in [0.3, 0.4) is 0 Å². The monoisotopic (exact) mass is 250 g/mol. The molecule has 0 amide bonds. The first-order chi connectivity index (χ1) is 8.37. The fourth-order valence-corrected chi connectivity index (χ4v) is 1.68. The summed E-state index contributed by atoms with van der Waals surface area (Å²) in [4.78, 5) is 23.3. The van der Waals surface area contributed by atoms with Crippen LogP contribution in [0, 0.1) is 0 Å². The van der Waals surface area contributed by atoms with Gasteiger partial charge in [0, 0.05) is 13.8 Å². The van der Waals surface area contributed by atoms with Gasteiger partial charge in [0.25, 0.3) is 5.79 Å². The molecule has 0 aromatic heterocycles. The predicted molar refractivity (Wildman–Crippen MR) is 62.2 cm³/mol. The summed E-state index contributed by atoms with van der Waals surface area (Å²) >= 11 is 0. The van der Waals surface area contributed by atoms with Crippen LogP contribution in [0.25, 0.3) is 0 Å². The van der Waals surface area contributed by atoms with Gasteiger partial charge in [-0.25, -0.2) is 9.59 Å². The number of rotatable bonds is 1. The van der Waals surface area contributed by atoms with Gasteiger partial charge in [-0.1, -0.05) is 18.2 Å². The first-order valence-electron chi connectivity index (χ1n) is 5.62. The Morgan fingerprint density at radius 1 is 1.33 bits per heavy atom. The Labute approximate surface area is 104 Å². The summed E-state index contributed by atoms with van der Waals surface area (Å²) in [5.74, 6) is -2.62. The minimum Gasteiger partial charge on any atom is -0.419 e. The summed E-state index contributed by atoms with van der Waals surface area (Å²) in [6.07, 6.45) is 6.30. The maximum Gasteiger partial charge on any atom is 0.348 e. The van der Waals surface area contributed by atoms with E-state index < -0.39 is 23.8 Å². The maximum absolute atomic E-state index is 11.7. The van der Waals surface area contributed by atoms with E-state index in [0.717, 1.165) is 0 Å². The van der Waals surface area contributed by atoms with Gasteiger partial charge in [-0.2, -0.15) is 0 Å². The molecule has 0 aromatic carbocycles. The first kappa shape index (κ1) is 12.6. The van der Waals surface area contributed by atoms with Crippen LogP contribution in [0.2, 0.25) is 0 Å². The molecular weight excluding hydrogens is 236 g/mol. The van der Waals surface area contributed by atoms with Gasteiger partial charge >= 0.3 is 11.9 Å². The number of cyclic esters (lactones) is 2. The van der Waals surface area contributed by atoms with E-state index >= 15 is 0 Å². The van der Waals surface area contributed by atoms with Gasteiger partial charge in [0.1, 0.15) is 5.57 Å². The number of carbonyl (C=O) groups is 2. The molecule has 0 aromatic rings. The van der Waals surface area contributed by atoms with E-state index in [1.165, 1.54) is 19.9 Å². The third-order valence-corrected chi connectivity index (χ3v) is 2.53. The van der Waals surface area contributed by atoms with E-state index in [2.05, 4.69) is 0 Å². The molecule has 2 aliphatic rings. The van der Waals surface area contributed by atoms with Gasteiger partial charge in [0.05, 0.1) is 6.10 Å². The molecule has 5 heteroatoms. The third kappa shape index (κ3) is 2.68. The number of aliphatic hydroxyl groups excluding tert-OH is 1. The fraction of sp³-hybridized carbons (Fsp3) is 0.385. The number of carbonyl (C=O) groups excluding carboxylic acids is 2. The molecule has 1 unspecified atom stereocenters. The van der Waals surface area contributed by atoms with Crippen LogP contribution in [0.5, 0.6) is 0 Å². The van der Waals surface area contributed by atoms with Crippen LogP contribution >= 0.6 is 0 Å². The van der Waals surface area contributed by atoms with Gasteiger partial charge in [-0.15, -0.1) is 0 Å². The summed E-state index contributed by atoms with van der Waals surface area (Å²) in [5, 5.41) is 9.27. The highest BCUT2D eigenvalue weighted by atomic mass is 16.7. The van der Waals surface area contributed by atoms with Gasteiger partial charge < -0.3 is 14.6 Å². The highest BCUT2D eigenvalue weighted by Crippen LogP contribution is 2.24.